The van der Waals surface area contributed by atoms with Gasteiger partial charge in [0.25, 0.3) is 0 Å². The molecule has 2 fully saturated rings. The highest BCUT2D eigenvalue weighted by Crippen LogP contribution is 2.41. The van der Waals surface area contributed by atoms with Crippen molar-refractivity contribution in [1.82, 2.24) is 9.97 Å². The third kappa shape index (κ3) is 3.37. The fourth-order valence-corrected chi connectivity index (χ4v) is 6.19. The van der Waals surface area contributed by atoms with Gasteiger partial charge in [-0.1, -0.05) is 23.2 Å². The summed E-state index contributed by atoms with van der Waals surface area (Å²) in [5, 5.41) is 8.16. The normalized spacial score (nSPS) is 22.6. The summed E-state index contributed by atoms with van der Waals surface area (Å²) in [6.07, 6.45) is 2.40. The first-order valence-electron chi connectivity index (χ1n) is 10.4. The number of halogens is 3. The number of hydrogen-bond acceptors (Lipinski definition) is 6. The molecule has 0 spiro atoms. The molecule has 0 unspecified atom stereocenters. The summed E-state index contributed by atoms with van der Waals surface area (Å²) in [5.41, 5.74) is 5.94. The maximum atomic E-state index is 6.10. The van der Waals surface area contributed by atoms with Gasteiger partial charge in [0.05, 0.1) is 11.4 Å². The van der Waals surface area contributed by atoms with Crippen molar-refractivity contribution in [3.8, 4) is 0 Å². The fourth-order valence-electron chi connectivity index (χ4n) is 4.78. The minimum Gasteiger partial charge on any atom is -0.366 e. The summed E-state index contributed by atoms with van der Waals surface area (Å²) in [6.45, 7) is 10.7. The van der Waals surface area contributed by atoms with Crippen LogP contribution in [0, 0.1) is 24.3 Å². The minimum atomic E-state index is 0.555. The molecule has 160 valence electrons. The van der Waals surface area contributed by atoms with Crippen LogP contribution in [-0.4, -0.2) is 48.2 Å². The molecule has 0 radical (unpaired) electrons. The smallest absolute Gasteiger partial charge is 0.152 e. The van der Waals surface area contributed by atoms with E-state index in [-0.39, 0.29) is 0 Å². The SMILES string of the molecule is Cc1c(Cl)nc2c(c1C)N1CC[C@@H](C1)N2.Cc1c(Cl)nc2c(c1I)N1CC[C@@H](C1)N2. The van der Waals surface area contributed by atoms with Gasteiger partial charge < -0.3 is 20.4 Å². The molecule has 2 atom stereocenters. The van der Waals surface area contributed by atoms with Crippen LogP contribution in [0.15, 0.2) is 0 Å². The van der Waals surface area contributed by atoms with E-state index < -0.39 is 0 Å². The van der Waals surface area contributed by atoms with Crippen LogP contribution in [0.1, 0.15) is 29.5 Å². The largest absolute Gasteiger partial charge is 0.366 e. The lowest BCUT2D eigenvalue weighted by Crippen LogP contribution is -2.33. The molecule has 2 aromatic rings. The Morgan fingerprint density at radius 1 is 0.800 bits per heavy atom. The third-order valence-electron chi connectivity index (χ3n) is 6.63. The Morgan fingerprint density at radius 3 is 1.90 bits per heavy atom. The Hall–Kier alpha value is -1.19. The van der Waals surface area contributed by atoms with Crippen molar-refractivity contribution in [3.05, 3.63) is 30.6 Å². The first kappa shape index (κ1) is 20.7. The molecule has 30 heavy (non-hydrogen) atoms. The van der Waals surface area contributed by atoms with E-state index >= 15 is 0 Å². The average Bonchev–Trinajstić information content (AvgIpc) is 3.28. The van der Waals surface area contributed by atoms with Gasteiger partial charge in [-0.25, -0.2) is 9.97 Å². The molecule has 4 bridgehead atoms. The van der Waals surface area contributed by atoms with E-state index in [9.17, 15) is 0 Å². The van der Waals surface area contributed by atoms with E-state index in [0.717, 1.165) is 48.9 Å². The number of aromatic nitrogens is 2. The average molecular weight is 559 g/mol. The Labute approximate surface area is 200 Å². The predicted octanol–water partition coefficient (Wildman–Crippen LogP) is 5.01. The van der Waals surface area contributed by atoms with Crippen molar-refractivity contribution in [2.75, 3.05) is 46.6 Å². The quantitative estimate of drug-likeness (QED) is 0.350. The molecule has 4 aliphatic rings. The molecule has 2 N–H and O–H groups in total. The van der Waals surface area contributed by atoms with Gasteiger partial charge in [0.2, 0.25) is 0 Å². The first-order valence-corrected chi connectivity index (χ1v) is 12.2. The van der Waals surface area contributed by atoms with E-state index in [0.29, 0.717) is 22.4 Å². The van der Waals surface area contributed by atoms with Crippen LogP contribution in [-0.2, 0) is 0 Å². The van der Waals surface area contributed by atoms with Gasteiger partial charge in [0.1, 0.15) is 10.3 Å². The number of nitrogens with one attached hydrogen (secondary N) is 2. The van der Waals surface area contributed by atoms with Gasteiger partial charge in [-0.05, 0) is 67.3 Å². The third-order valence-corrected chi connectivity index (χ3v) is 8.69. The highest BCUT2D eigenvalue weighted by Gasteiger charge is 2.34. The number of nitrogens with zero attached hydrogens (tertiary/aromatic N) is 4. The zero-order valence-corrected chi connectivity index (χ0v) is 21.0. The number of hydrogen-bond donors (Lipinski definition) is 2. The van der Waals surface area contributed by atoms with Gasteiger partial charge in [0, 0.05) is 47.4 Å². The minimum absolute atomic E-state index is 0.555. The van der Waals surface area contributed by atoms with Gasteiger partial charge in [-0.2, -0.15) is 0 Å². The van der Waals surface area contributed by atoms with Crippen LogP contribution in [0.4, 0.5) is 23.0 Å². The molecule has 0 aliphatic carbocycles. The standard InChI is InChI=1S/C11H14ClN3.C10H11ClIN3/c1-6-7(2)10(12)14-11-9(6)15-4-3-8(5-15)13-11;1-5-7(12)8-10(14-9(5)11)13-6-2-3-15(8)4-6/h8H,3-5H2,1-2H3,(H,13,14);6H,2-4H2,1H3,(H,13,14)/t8-;6-/m00/s1. The van der Waals surface area contributed by atoms with Crippen LogP contribution >= 0.6 is 45.8 Å². The van der Waals surface area contributed by atoms with Crippen molar-refractivity contribution < 1.29 is 0 Å². The van der Waals surface area contributed by atoms with Crippen molar-refractivity contribution in [2.45, 2.75) is 45.7 Å². The Kier molecular flexibility index (Phi) is 5.34. The maximum Gasteiger partial charge on any atom is 0.152 e. The molecule has 9 heteroatoms. The summed E-state index contributed by atoms with van der Waals surface area (Å²) in [7, 11) is 0. The summed E-state index contributed by atoms with van der Waals surface area (Å²) in [6, 6.07) is 1.11. The molecular weight excluding hydrogens is 534 g/mol. The first-order chi connectivity index (χ1) is 14.3. The molecule has 2 aromatic heterocycles. The highest BCUT2D eigenvalue weighted by atomic mass is 127. The molecule has 2 saturated heterocycles. The van der Waals surface area contributed by atoms with E-state index in [1.807, 2.05) is 13.8 Å². The lowest BCUT2D eigenvalue weighted by molar-refractivity contribution is 0.786. The second-order valence-electron chi connectivity index (χ2n) is 8.54. The van der Waals surface area contributed by atoms with Gasteiger partial charge in [0.15, 0.2) is 11.6 Å². The van der Waals surface area contributed by atoms with Gasteiger partial charge >= 0.3 is 0 Å². The molecule has 0 saturated carbocycles. The lowest BCUT2D eigenvalue weighted by atomic mass is 10.1. The van der Waals surface area contributed by atoms with Crippen molar-refractivity contribution >= 4 is 68.8 Å². The number of pyridine rings is 2. The molecule has 6 heterocycles. The molecular formula is C21H25Cl2IN6. The van der Waals surface area contributed by atoms with Crippen LogP contribution in [0.2, 0.25) is 10.3 Å². The Bertz CT molecular complexity index is 948. The van der Waals surface area contributed by atoms with Crippen LogP contribution in [0.5, 0.6) is 0 Å². The van der Waals surface area contributed by atoms with Crippen LogP contribution in [0.3, 0.4) is 0 Å². The van der Waals surface area contributed by atoms with Gasteiger partial charge in [-0.15, -0.1) is 0 Å². The highest BCUT2D eigenvalue weighted by molar-refractivity contribution is 14.1. The lowest BCUT2D eigenvalue weighted by Gasteiger charge is -2.30. The summed E-state index contributed by atoms with van der Waals surface area (Å²) in [4.78, 5) is 13.7. The van der Waals surface area contributed by atoms with Gasteiger partial charge in [-0.3, -0.25) is 0 Å². The Morgan fingerprint density at radius 2 is 1.30 bits per heavy atom. The van der Waals surface area contributed by atoms with E-state index in [4.69, 9.17) is 23.2 Å². The molecule has 0 amide bonds. The van der Waals surface area contributed by atoms with Crippen molar-refractivity contribution in [1.29, 1.82) is 0 Å². The van der Waals surface area contributed by atoms with Crippen molar-refractivity contribution in [3.63, 3.8) is 0 Å². The molecule has 4 aliphatic heterocycles. The summed E-state index contributed by atoms with van der Waals surface area (Å²) < 4.78 is 1.23. The number of anilines is 4. The Balaban J connectivity index is 0.000000128. The number of rotatable bonds is 0. The maximum absolute atomic E-state index is 6.10. The fraction of sp³-hybridized carbons (Fsp3) is 0.524. The predicted molar refractivity (Wildman–Crippen MR) is 134 cm³/mol. The van der Waals surface area contributed by atoms with E-state index in [1.54, 1.807) is 0 Å². The molecule has 0 aromatic carbocycles. The summed E-state index contributed by atoms with van der Waals surface area (Å²) in [5.74, 6) is 1.93. The van der Waals surface area contributed by atoms with Crippen LogP contribution < -0.4 is 20.4 Å². The second-order valence-corrected chi connectivity index (χ2v) is 10.3. The van der Waals surface area contributed by atoms with Crippen LogP contribution in [0.25, 0.3) is 0 Å². The molecule has 6 nitrogen and oxygen atoms in total. The second kappa shape index (κ2) is 7.74. The van der Waals surface area contributed by atoms with Crippen molar-refractivity contribution in [2.24, 2.45) is 0 Å². The zero-order valence-electron chi connectivity index (χ0n) is 17.3. The van der Waals surface area contributed by atoms with E-state index in [2.05, 4.69) is 59.9 Å². The topological polar surface area (TPSA) is 56.3 Å². The monoisotopic (exact) mass is 558 g/mol. The molecule has 6 rings (SSSR count). The number of fused-ring (bicyclic) bond motifs is 8. The summed E-state index contributed by atoms with van der Waals surface area (Å²) >= 11 is 14.6. The van der Waals surface area contributed by atoms with E-state index in [1.165, 1.54) is 33.4 Å². The zero-order chi connectivity index (χ0) is 21.2.